The Hall–Kier alpha value is -3.10. The molecule has 2 aromatic heterocycles. The summed E-state index contributed by atoms with van der Waals surface area (Å²) in [5.74, 6) is 0. The van der Waals surface area contributed by atoms with Gasteiger partial charge in [0.05, 0.1) is 28.0 Å². The first kappa shape index (κ1) is 24.0. The molecule has 1 aliphatic rings. The molecule has 0 spiro atoms. The highest BCUT2D eigenvalue weighted by Gasteiger charge is 2.39. The molecule has 180 valence electrons. The van der Waals surface area contributed by atoms with Crippen LogP contribution >= 0.6 is 0 Å². The lowest BCUT2D eigenvalue weighted by atomic mass is 9.92. The molecule has 3 aromatic rings. The number of alkyl halides is 3. The van der Waals surface area contributed by atoms with E-state index in [4.69, 9.17) is 0 Å². The summed E-state index contributed by atoms with van der Waals surface area (Å²) in [6, 6.07) is 7.67. The molecule has 1 aliphatic carbocycles. The van der Waals surface area contributed by atoms with E-state index in [0.717, 1.165) is 31.9 Å². The summed E-state index contributed by atoms with van der Waals surface area (Å²) in [4.78, 5) is 6.23. The SMILES string of the molecule is CC(NS(=O)(=O)c1ccc(-c2c(C#N)c3cc(N(C)C)cnc3n2C2CCC2)cc1)C(F)(F)F. The van der Waals surface area contributed by atoms with E-state index >= 15 is 0 Å². The molecule has 1 unspecified atom stereocenters. The number of hydrogen-bond donors (Lipinski definition) is 1. The zero-order chi connectivity index (χ0) is 24.8. The van der Waals surface area contributed by atoms with Crippen LogP contribution in [0, 0.1) is 11.3 Å². The van der Waals surface area contributed by atoms with Crippen molar-refractivity contribution in [2.24, 2.45) is 0 Å². The lowest BCUT2D eigenvalue weighted by Crippen LogP contribution is -2.42. The Labute approximate surface area is 195 Å². The minimum absolute atomic E-state index is 0.162. The van der Waals surface area contributed by atoms with Gasteiger partial charge in [0, 0.05) is 25.5 Å². The molecule has 1 saturated carbocycles. The lowest BCUT2D eigenvalue weighted by Gasteiger charge is -2.29. The van der Waals surface area contributed by atoms with Crippen LogP contribution < -0.4 is 9.62 Å². The fraction of sp³-hybridized carbons (Fsp3) is 0.391. The number of hydrogen-bond acceptors (Lipinski definition) is 5. The number of aromatic nitrogens is 2. The molecule has 1 fully saturated rings. The van der Waals surface area contributed by atoms with Crippen molar-refractivity contribution in [2.75, 3.05) is 19.0 Å². The van der Waals surface area contributed by atoms with Gasteiger partial charge in [-0.2, -0.15) is 23.2 Å². The van der Waals surface area contributed by atoms with E-state index < -0.39 is 22.2 Å². The van der Waals surface area contributed by atoms with Crippen molar-refractivity contribution in [1.82, 2.24) is 14.3 Å². The molecule has 7 nitrogen and oxygen atoms in total. The third-order valence-electron chi connectivity index (χ3n) is 6.16. The van der Waals surface area contributed by atoms with E-state index in [1.54, 1.807) is 10.9 Å². The van der Waals surface area contributed by atoms with Gasteiger partial charge in [0.25, 0.3) is 0 Å². The molecule has 1 N–H and O–H groups in total. The summed E-state index contributed by atoms with van der Waals surface area (Å²) in [5, 5.41) is 10.7. The van der Waals surface area contributed by atoms with Crippen LogP contribution in [0.3, 0.4) is 0 Å². The maximum Gasteiger partial charge on any atom is 0.404 e. The van der Waals surface area contributed by atoms with Gasteiger partial charge in [0.1, 0.15) is 17.8 Å². The van der Waals surface area contributed by atoms with Crippen molar-refractivity contribution < 1.29 is 21.6 Å². The second-order valence-electron chi connectivity index (χ2n) is 8.66. The molecular weight excluding hydrogens is 467 g/mol. The third kappa shape index (κ3) is 4.23. The number of nitrogens with one attached hydrogen (secondary N) is 1. The first-order chi connectivity index (χ1) is 15.9. The number of nitriles is 1. The van der Waals surface area contributed by atoms with Gasteiger partial charge in [0.2, 0.25) is 10.0 Å². The first-order valence-electron chi connectivity index (χ1n) is 10.7. The number of anilines is 1. The van der Waals surface area contributed by atoms with Gasteiger partial charge in [-0.3, -0.25) is 0 Å². The molecule has 11 heteroatoms. The van der Waals surface area contributed by atoms with Gasteiger partial charge in [-0.15, -0.1) is 0 Å². The Morgan fingerprint density at radius 3 is 2.38 bits per heavy atom. The lowest BCUT2D eigenvalue weighted by molar-refractivity contribution is -0.147. The maximum atomic E-state index is 12.8. The Morgan fingerprint density at radius 1 is 1.24 bits per heavy atom. The summed E-state index contributed by atoms with van der Waals surface area (Å²) in [7, 11) is -0.616. The number of nitrogens with zero attached hydrogens (tertiary/aromatic N) is 4. The second-order valence-corrected chi connectivity index (χ2v) is 10.4. The Balaban J connectivity index is 1.81. The fourth-order valence-corrected chi connectivity index (χ4v) is 5.21. The minimum atomic E-state index is -4.70. The summed E-state index contributed by atoms with van der Waals surface area (Å²) in [6.07, 6.45) is -0.0287. The van der Waals surface area contributed by atoms with Gasteiger partial charge in [-0.05, 0) is 49.9 Å². The van der Waals surface area contributed by atoms with Gasteiger partial charge in [-0.25, -0.2) is 13.4 Å². The monoisotopic (exact) mass is 491 g/mol. The molecule has 1 atom stereocenters. The Morgan fingerprint density at radius 2 is 1.88 bits per heavy atom. The minimum Gasteiger partial charge on any atom is -0.376 e. The van der Waals surface area contributed by atoms with E-state index in [9.17, 15) is 26.9 Å². The molecule has 0 aliphatic heterocycles. The molecular formula is C23H24F3N5O2S. The normalized spacial score (nSPS) is 15.7. The molecule has 0 radical (unpaired) electrons. The van der Waals surface area contributed by atoms with E-state index in [0.29, 0.717) is 27.9 Å². The third-order valence-corrected chi connectivity index (χ3v) is 7.71. The van der Waals surface area contributed by atoms with Gasteiger partial charge in [-0.1, -0.05) is 12.1 Å². The van der Waals surface area contributed by atoms with Crippen molar-refractivity contribution in [2.45, 2.75) is 49.3 Å². The van der Waals surface area contributed by atoms with Crippen LogP contribution in [0.2, 0.25) is 0 Å². The Bertz CT molecular complexity index is 1370. The zero-order valence-electron chi connectivity index (χ0n) is 18.9. The van der Waals surface area contributed by atoms with Crippen LogP contribution in [-0.4, -0.2) is 44.3 Å². The van der Waals surface area contributed by atoms with Crippen molar-refractivity contribution >= 4 is 26.7 Å². The Kier molecular flexibility index (Phi) is 6.08. The number of benzene rings is 1. The molecule has 4 rings (SSSR count). The highest BCUT2D eigenvalue weighted by Crippen LogP contribution is 2.42. The molecule has 0 amide bonds. The summed E-state index contributed by atoms with van der Waals surface area (Å²) in [6.45, 7) is 0.747. The molecule has 0 saturated heterocycles. The van der Waals surface area contributed by atoms with Gasteiger partial charge in [0.15, 0.2) is 0 Å². The maximum absolute atomic E-state index is 12.8. The average Bonchev–Trinajstić information content (AvgIpc) is 3.05. The highest BCUT2D eigenvalue weighted by molar-refractivity contribution is 7.89. The van der Waals surface area contributed by atoms with E-state index in [2.05, 4.69) is 11.1 Å². The van der Waals surface area contributed by atoms with E-state index in [-0.39, 0.29) is 10.9 Å². The van der Waals surface area contributed by atoms with Crippen LogP contribution in [0.4, 0.5) is 18.9 Å². The first-order valence-corrected chi connectivity index (χ1v) is 12.2. The van der Waals surface area contributed by atoms with Crippen LogP contribution in [0.25, 0.3) is 22.3 Å². The second kappa shape index (κ2) is 8.60. The average molecular weight is 492 g/mol. The zero-order valence-corrected chi connectivity index (χ0v) is 19.7. The van der Waals surface area contributed by atoms with Crippen molar-refractivity contribution in [1.29, 1.82) is 5.26 Å². The topological polar surface area (TPSA) is 91.0 Å². The quantitative estimate of drug-likeness (QED) is 0.545. The van der Waals surface area contributed by atoms with Gasteiger partial charge < -0.3 is 9.47 Å². The molecule has 1 aromatic carbocycles. The molecule has 0 bridgehead atoms. The van der Waals surface area contributed by atoms with Gasteiger partial charge >= 0.3 is 6.18 Å². The summed E-state index contributed by atoms with van der Waals surface area (Å²) >= 11 is 0. The van der Waals surface area contributed by atoms with Crippen molar-refractivity contribution in [3.05, 3.63) is 42.1 Å². The van der Waals surface area contributed by atoms with Crippen LogP contribution in [0.1, 0.15) is 37.8 Å². The van der Waals surface area contributed by atoms with Crippen molar-refractivity contribution in [3.8, 4) is 17.3 Å². The fourth-order valence-electron chi connectivity index (χ4n) is 3.98. The summed E-state index contributed by atoms with van der Waals surface area (Å²) < 4.78 is 67.1. The number of fused-ring (bicyclic) bond motifs is 1. The smallest absolute Gasteiger partial charge is 0.376 e. The van der Waals surface area contributed by atoms with E-state index in [1.165, 1.54) is 24.3 Å². The number of halogens is 3. The van der Waals surface area contributed by atoms with Crippen molar-refractivity contribution in [3.63, 3.8) is 0 Å². The number of sulfonamides is 1. The largest absolute Gasteiger partial charge is 0.404 e. The number of pyridine rings is 1. The predicted molar refractivity (Wildman–Crippen MR) is 123 cm³/mol. The molecule has 2 heterocycles. The highest BCUT2D eigenvalue weighted by atomic mass is 32.2. The van der Waals surface area contributed by atoms with Crippen LogP contribution in [0.5, 0.6) is 0 Å². The number of rotatable bonds is 6. The van der Waals surface area contributed by atoms with E-state index in [1.807, 2.05) is 29.6 Å². The van der Waals surface area contributed by atoms with Crippen LogP contribution in [-0.2, 0) is 10.0 Å². The van der Waals surface area contributed by atoms with Crippen LogP contribution in [0.15, 0.2) is 41.4 Å². The standard InChI is InChI=1S/C23H24F3N5O2S/c1-14(23(24,25)26)29-34(32,33)18-9-7-15(8-10-18)21-20(12-27)19-11-17(30(2)3)13-28-22(19)31(21)16-5-4-6-16/h7-11,13-14,16,29H,4-6H2,1-3H3. The molecule has 34 heavy (non-hydrogen) atoms. The summed E-state index contributed by atoms with van der Waals surface area (Å²) in [5.41, 5.74) is 3.17. The predicted octanol–water partition coefficient (Wildman–Crippen LogP) is 4.60.